The molecule has 3 atom stereocenters. The summed E-state index contributed by atoms with van der Waals surface area (Å²) < 4.78 is 5.85. The molecule has 1 saturated carbocycles. The number of benzene rings is 2. The number of nitrogens with zero attached hydrogens (tertiary/aromatic N) is 1. The van der Waals surface area contributed by atoms with Gasteiger partial charge in [-0.15, -0.1) is 0 Å². The van der Waals surface area contributed by atoms with Crippen molar-refractivity contribution >= 4 is 17.5 Å². The summed E-state index contributed by atoms with van der Waals surface area (Å²) >= 11 is 6.25. The van der Waals surface area contributed by atoms with E-state index in [1.807, 2.05) is 30.3 Å². The van der Waals surface area contributed by atoms with Crippen LogP contribution in [0, 0.1) is 5.92 Å². The van der Waals surface area contributed by atoms with Gasteiger partial charge in [-0.3, -0.25) is 9.69 Å². The summed E-state index contributed by atoms with van der Waals surface area (Å²) in [5.74, 6) is 0.401. The minimum atomic E-state index is 0.0360. The number of carbonyl (C=O) groups excluding carboxylic acids is 1. The van der Waals surface area contributed by atoms with Gasteiger partial charge < -0.3 is 10.1 Å². The predicted octanol–water partition coefficient (Wildman–Crippen LogP) is 3.46. The zero-order chi connectivity index (χ0) is 18.6. The van der Waals surface area contributed by atoms with E-state index in [9.17, 15) is 4.79 Å². The van der Waals surface area contributed by atoms with Gasteiger partial charge in [0.05, 0.1) is 12.7 Å². The smallest absolute Gasteiger partial charge is 0.223 e. The molecule has 1 heterocycles. The number of ether oxygens (including phenoxy) is 1. The fraction of sp³-hybridized carbons (Fsp3) is 0.409. The lowest BCUT2D eigenvalue weighted by Crippen LogP contribution is -2.47. The largest absolute Gasteiger partial charge is 0.374 e. The van der Waals surface area contributed by atoms with Crippen molar-refractivity contribution in [3.05, 3.63) is 70.7 Å². The first-order chi connectivity index (χ1) is 13.2. The second-order valence-corrected chi connectivity index (χ2v) is 7.84. The van der Waals surface area contributed by atoms with Crippen LogP contribution in [0.5, 0.6) is 0 Å². The standard InChI is InChI=1S/C22H25ClN2O2/c23-21-9-5-4-8-18(21)19-12-20(19)22(26)24-13-17-15-25(10-11-27-17)14-16-6-2-1-3-7-16/h1-9,17,19-20H,10-15H2,(H,24,26). The van der Waals surface area contributed by atoms with Gasteiger partial charge in [-0.05, 0) is 29.5 Å². The molecule has 0 bridgehead atoms. The van der Waals surface area contributed by atoms with E-state index in [1.54, 1.807) is 0 Å². The van der Waals surface area contributed by atoms with Crippen LogP contribution in [0.25, 0.3) is 0 Å². The highest BCUT2D eigenvalue weighted by Gasteiger charge is 2.44. The first-order valence-corrected chi connectivity index (χ1v) is 9.98. The maximum absolute atomic E-state index is 12.5. The lowest BCUT2D eigenvalue weighted by molar-refractivity contribution is -0.123. The van der Waals surface area contributed by atoms with Gasteiger partial charge in [-0.25, -0.2) is 0 Å². The van der Waals surface area contributed by atoms with Gasteiger partial charge >= 0.3 is 0 Å². The number of rotatable bonds is 6. The van der Waals surface area contributed by atoms with Crippen LogP contribution in [-0.2, 0) is 16.1 Å². The molecule has 4 nitrogen and oxygen atoms in total. The van der Waals surface area contributed by atoms with E-state index in [0.717, 1.165) is 36.6 Å². The second kappa shape index (κ2) is 8.42. The summed E-state index contributed by atoms with van der Waals surface area (Å²) in [6.45, 7) is 3.96. The molecule has 1 amide bonds. The molecule has 3 unspecified atom stereocenters. The summed E-state index contributed by atoms with van der Waals surface area (Å²) in [6, 6.07) is 18.3. The minimum absolute atomic E-state index is 0.0360. The van der Waals surface area contributed by atoms with Gasteiger partial charge in [0.15, 0.2) is 0 Å². The Labute approximate surface area is 165 Å². The lowest BCUT2D eigenvalue weighted by atomic mass is 10.1. The molecule has 2 aromatic carbocycles. The number of carbonyl (C=O) groups is 1. The van der Waals surface area contributed by atoms with Crippen molar-refractivity contribution in [1.82, 2.24) is 10.2 Å². The monoisotopic (exact) mass is 384 g/mol. The predicted molar refractivity (Wildman–Crippen MR) is 107 cm³/mol. The van der Waals surface area contributed by atoms with Crippen LogP contribution in [0.15, 0.2) is 54.6 Å². The fourth-order valence-corrected chi connectivity index (χ4v) is 4.11. The van der Waals surface area contributed by atoms with Crippen LogP contribution in [0.3, 0.4) is 0 Å². The average molecular weight is 385 g/mol. The second-order valence-electron chi connectivity index (χ2n) is 7.43. The number of hydrogen-bond donors (Lipinski definition) is 1. The maximum Gasteiger partial charge on any atom is 0.223 e. The van der Waals surface area contributed by atoms with Gasteiger partial charge in [0.2, 0.25) is 5.91 Å². The van der Waals surface area contributed by atoms with Crippen molar-refractivity contribution in [3.8, 4) is 0 Å². The van der Waals surface area contributed by atoms with Crippen LogP contribution in [0.2, 0.25) is 5.02 Å². The molecular weight excluding hydrogens is 360 g/mol. The van der Waals surface area contributed by atoms with Gasteiger partial charge in [0, 0.05) is 37.1 Å². The Morgan fingerprint density at radius 1 is 1.15 bits per heavy atom. The number of halogens is 1. The third-order valence-corrected chi connectivity index (χ3v) is 5.75. The van der Waals surface area contributed by atoms with Crippen molar-refractivity contribution in [2.24, 2.45) is 5.92 Å². The zero-order valence-corrected chi connectivity index (χ0v) is 16.1. The molecule has 0 radical (unpaired) electrons. The van der Waals surface area contributed by atoms with Crippen molar-refractivity contribution in [2.75, 3.05) is 26.2 Å². The molecule has 27 heavy (non-hydrogen) atoms. The SMILES string of the molecule is O=C(NCC1CN(Cc2ccccc2)CCO1)C1CC1c1ccccc1Cl. The van der Waals surface area contributed by atoms with Crippen molar-refractivity contribution < 1.29 is 9.53 Å². The average Bonchev–Trinajstić information content (AvgIpc) is 3.48. The van der Waals surface area contributed by atoms with Crippen molar-refractivity contribution in [1.29, 1.82) is 0 Å². The highest BCUT2D eigenvalue weighted by Crippen LogP contribution is 2.49. The van der Waals surface area contributed by atoms with Gasteiger partial charge in [-0.1, -0.05) is 60.1 Å². The van der Waals surface area contributed by atoms with E-state index in [4.69, 9.17) is 16.3 Å². The molecule has 5 heteroatoms. The Morgan fingerprint density at radius 2 is 1.93 bits per heavy atom. The Balaban J connectivity index is 1.24. The van der Waals surface area contributed by atoms with Gasteiger partial charge in [0.1, 0.15) is 0 Å². The van der Waals surface area contributed by atoms with E-state index in [1.165, 1.54) is 5.56 Å². The van der Waals surface area contributed by atoms with Crippen molar-refractivity contribution in [3.63, 3.8) is 0 Å². The first-order valence-electron chi connectivity index (χ1n) is 9.60. The molecule has 2 fully saturated rings. The summed E-state index contributed by atoms with van der Waals surface area (Å²) in [4.78, 5) is 14.9. The third-order valence-electron chi connectivity index (χ3n) is 5.41. The maximum atomic E-state index is 12.5. The number of nitrogens with one attached hydrogen (secondary N) is 1. The molecular formula is C22H25ClN2O2. The summed E-state index contributed by atoms with van der Waals surface area (Å²) in [5, 5.41) is 3.84. The normalized spacial score (nSPS) is 25.1. The Morgan fingerprint density at radius 3 is 2.74 bits per heavy atom. The van der Waals surface area contributed by atoms with Crippen LogP contribution in [0.1, 0.15) is 23.5 Å². The molecule has 2 aliphatic rings. The molecule has 0 spiro atoms. The summed E-state index contributed by atoms with van der Waals surface area (Å²) in [6.07, 6.45) is 0.922. The number of hydrogen-bond acceptors (Lipinski definition) is 3. The van der Waals surface area contributed by atoms with E-state index >= 15 is 0 Å². The molecule has 142 valence electrons. The topological polar surface area (TPSA) is 41.6 Å². The quantitative estimate of drug-likeness (QED) is 0.829. The molecule has 1 aliphatic heterocycles. The number of amides is 1. The third kappa shape index (κ3) is 4.70. The molecule has 1 N–H and O–H groups in total. The molecule has 1 saturated heterocycles. The Hall–Kier alpha value is -1.88. The van der Waals surface area contributed by atoms with Gasteiger partial charge in [-0.2, -0.15) is 0 Å². The van der Waals surface area contributed by atoms with Crippen LogP contribution < -0.4 is 5.32 Å². The molecule has 4 rings (SSSR count). The van der Waals surface area contributed by atoms with E-state index in [-0.39, 0.29) is 23.8 Å². The minimum Gasteiger partial charge on any atom is -0.374 e. The zero-order valence-electron chi connectivity index (χ0n) is 15.3. The van der Waals surface area contributed by atoms with E-state index in [2.05, 4.69) is 34.5 Å². The van der Waals surface area contributed by atoms with Crippen LogP contribution in [0.4, 0.5) is 0 Å². The fourth-order valence-electron chi connectivity index (χ4n) is 3.84. The lowest BCUT2D eigenvalue weighted by Gasteiger charge is -2.33. The van der Waals surface area contributed by atoms with Crippen molar-refractivity contribution in [2.45, 2.75) is 25.0 Å². The Bertz CT molecular complexity index is 783. The van der Waals surface area contributed by atoms with Crippen LogP contribution in [-0.4, -0.2) is 43.2 Å². The first kappa shape index (κ1) is 18.5. The number of morpholine rings is 1. The van der Waals surface area contributed by atoms with Crippen LogP contribution >= 0.6 is 11.6 Å². The Kier molecular flexibility index (Phi) is 5.77. The molecule has 2 aromatic rings. The molecule has 1 aliphatic carbocycles. The highest BCUT2D eigenvalue weighted by atomic mass is 35.5. The van der Waals surface area contributed by atoms with E-state index < -0.39 is 0 Å². The van der Waals surface area contributed by atoms with Gasteiger partial charge in [0.25, 0.3) is 0 Å². The summed E-state index contributed by atoms with van der Waals surface area (Å²) in [5.41, 5.74) is 2.39. The van der Waals surface area contributed by atoms with E-state index in [0.29, 0.717) is 13.2 Å². The summed E-state index contributed by atoms with van der Waals surface area (Å²) in [7, 11) is 0. The highest BCUT2D eigenvalue weighted by molar-refractivity contribution is 6.31. The molecule has 0 aromatic heterocycles.